The third-order valence-corrected chi connectivity index (χ3v) is 3.96. The van der Waals surface area contributed by atoms with E-state index < -0.39 is 0 Å². The molecule has 1 aliphatic rings. The van der Waals surface area contributed by atoms with Crippen LogP contribution in [0.25, 0.3) is 10.9 Å². The number of pyridine rings is 1. The summed E-state index contributed by atoms with van der Waals surface area (Å²) in [5, 5.41) is 4.51. The van der Waals surface area contributed by atoms with E-state index in [0.29, 0.717) is 12.5 Å². The topological polar surface area (TPSA) is 44.9 Å². The Morgan fingerprint density at radius 3 is 3.00 bits per heavy atom. The Hall–Kier alpha value is -1.87. The van der Waals surface area contributed by atoms with Gasteiger partial charge in [0, 0.05) is 17.6 Å². The molecule has 3 heteroatoms. The Morgan fingerprint density at radius 1 is 1.25 bits per heavy atom. The molecule has 3 rings (SSSR count). The largest absolute Gasteiger partial charge is 0.322 e. The quantitative estimate of drug-likeness (QED) is 0.837. The lowest BCUT2D eigenvalue weighted by Crippen LogP contribution is -2.26. The first-order valence-corrected chi connectivity index (χ1v) is 7.29. The minimum absolute atomic E-state index is 0.0136. The molecule has 1 aromatic carbocycles. The number of aromatic nitrogens is 1. The summed E-state index contributed by atoms with van der Waals surface area (Å²) < 4.78 is 0. The summed E-state index contributed by atoms with van der Waals surface area (Å²) in [6.07, 6.45) is 8.10. The highest BCUT2D eigenvalue weighted by Gasteiger charge is 2.09. The van der Waals surface area contributed by atoms with Gasteiger partial charge in [0.1, 0.15) is 0 Å². The molecule has 0 radical (unpaired) electrons. The molecule has 0 saturated carbocycles. The molecule has 1 heterocycles. The van der Waals surface area contributed by atoms with Gasteiger partial charge in [0.2, 0.25) is 0 Å². The molecule has 2 aromatic rings. The van der Waals surface area contributed by atoms with Crippen LogP contribution in [0.15, 0.2) is 47.3 Å². The van der Waals surface area contributed by atoms with Crippen molar-refractivity contribution < 1.29 is 0 Å². The monoisotopic (exact) mass is 268 g/mol. The van der Waals surface area contributed by atoms with Gasteiger partial charge in [-0.05, 0) is 49.2 Å². The van der Waals surface area contributed by atoms with Crippen LogP contribution in [0.3, 0.4) is 0 Å². The third-order valence-electron chi connectivity index (χ3n) is 3.96. The molecule has 1 aliphatic carbocycles. The number of H-pyrrole nitrogens is 1. The molecule has 2 N–H and O–H groups in total. The minimum Gasteiger partial charge on any atom is -0.322 e. The molecule has 3 nitrogen and oxygen atoms in total. The zero-order chi connectivity index (χ0) is 13.8. The second-order valence-corrected chi connectivity index (χ2v) is 5.49. The van der Waals surface area contributed by atoms with Crippen LogP contribution in [0.1, 0.15) is 24.8 Å². The van der Waals surface area contributed by atoms with Crippen molar-refractivity contribution in [3.8, 4) is 0 Å². The maximum Gasteiger partial charge on any atom is 0.252 e. The number of hydrogen-bond donors (Lipinski definition) is 2. The van der Waals surface area contributed by atoms with Gasteiger partial charge in [0.25, 0.3) is 5.56 Å². The van der Waals surface area contributed by atoms with Gasteiger partial charge in [-0.3, -0.25) is 4.79 Å². The van der Waals surface area contributed by atoms with E-state index in [2.05, 4.69) is 22.5 Å². The van der Waals surface area contributed by atoms with Crippen LogP contribution in [0.4, 0.5) is 0 Å². The molecular weight excluding hydrogens is 248 g/mol. The van der Waals surface area contributed by atoms with Crippen molar-refractivity contribution in [3.63, 3.8) is 0 Å². The van der Waals surface area contributed by atoms with Crippen molar-refractivity contribution in [3.05, 3.63) is 58.4 Å². The van der Waals surface area contributed by atoms with Gasteiger partial charge in [-0.15, -0.1) is 0 Å². The van der Waals surface area contributed by atoms with Gasteiger partial charge in [0.05, 0.1) is 0 Å². The highest BCUT2D eigenvalue weighted by Crippen LogP contribution is 2.17. The lowest BCUT2D eigenvalue weighted by Gasteiger charge is -2.18. The molecule has 0 spiro atoms. The maximum absolute atomic E-state index is 12.0. The van der Waals surface area contributed by atoms with E-state index >= 15 is 0 Å². The van der Waals surface area contributed by atoms with Crippen molar-refractivity contribution in [1.82, 2.24) is 10.3 Å². The van der Waals surface area contributed by atoms with Crippen LogP contribution < -0.4 is 10.9 Å². The Bertz CT molecular complexity index is 672. The first-order chi connectivity index (χ1) is 9.83. The van der Waals surface area contributed by atoms with Crippen molar-refractivity contribution >= 4 is 10.9 Å². The second-order valence-electron chi connectivity index (χ2n) is 5.49. The first kappa shape index (κ1) is 13.1. The zero-order valence-electron chi connectivity index (χ0n) is 11.6. The average molecular weight is 268 g/mol. The fraction of sp³-hybridized carbons (Fsp3) is 0.353. The van der Waals surface area contributed by atoms with Gasteiger partial charge >= 0.3 is 0 Å². The number of para-hydroxylation sites is 1. The van der Waals surface area contributed by atoms with Gasteiger partial charge in [0.15, 0.2) is 0 Å². The predicted molar refractivity (Wildman–Crippen MR) is 82.8 cm³/mol. The summed E-state index contributed by atoms with van der Waals surface area (Å²) in [5.74, 6) is 0.708. The molecule has 1 unspecified atom stereocenters. The van der Waals surface area contributed by atoms with Crippen LogP contribution >= 0.6 is 0 Å². The first-order valence-electron chi connectivity index (χ1n) is 7.29. The number of nitrogens with one attached hydrogen (secondary N) is 2. The number of allylic oxidation sites excluding steroid dienone is 2. The normalized spacial score (nSPS) is 18.5. The number of benzene rings is 1. The number of hydrogen-bond acceptors (Lipinski definition) is 2. The van der Waals surface area contributed by atoms with E-state index in [9.17, 15) is 4.79 Å². The molecule has 0 fully saturated rings. The Labute approximate surface area is 118 Å². The number of fused-ring (bicyclic) bond motifs is 1. The van der Waals surface area contributed by atoms with Crippen molar-refractivity contribution in [2.45, 2.75) is 25.8 Å². The van der Waals surface area contributed by atoms with Crippen LogP contribution in [0.5, 0.6) is 0 Å². The zero-order valence-corrected chi connectivity index (χ0v) is 11.6. The number of aromatic amines is 1. The van der Waals surface area contributed by atoms with Crippen LogP contribution in [0.2, 0.25) is 0 Å². The smallest absolute Gasteiger partial charge is 0.252 e. The Kier molecular flexibility index (Phi) is 3.97. The lowest BCUT2D eigenvalue weighted by molar-refractivity contribution is 0.440. The van der Waals surface area contributed by atoms with Crippen molar-refractivity contribution in [2.75, 3.05) is 6.54 Å². The summed E-state index contributed by atoms with van der Waals surface area (Å²) in [6, 6.07) is 9.88. The fourth-order valence-electron chi connectivity index (χ4n) is 2.78. The van der Waals surface area contributed by atoms with Crippen LogP contribution in [-0.2, 0) is 6.54 Å². The Morgan fingerprint density at radius 2 is 2.15 bits per heavy atom. The maximum atomic E-state index is 12.0. The summed E-state index contributed by atoms with van der Waals surface area (Å²) in [7, 11) is 0. The van der Waals surface area contributed by atoms with E-state index in [1.54, 1.807) is 0 Å². The lowest BCUT2D eigenvalue weighted by atomic mass is 9.94. The molecule has 0 aliphatic heterocycles. The van der Waals surface area contributed by atoms with Gasteiger partial charge in [-0.25, -0.2) is 0 Å². The predicted octanol–water partition coefficient (Wildman–Crippen LogP) is 2.97. The van der Waals surface area contributed by atoms with E-state index in [-0.39, 0.29) is 5.56 Å². The number of rotatable bonds is 4. The van der Waals surface area contributed by atoms with Gasteiger partial charge in [-0.2, -0.15) is 0 Å². The van der Waals surface area contributed by atoms with Gasteiger partial charge in [-0.1, -0.05) is 30.4 Å². The summed E-state index contributed by atoms with van der Waals surface area (Å²) in [4.78, 5) is 14.9. The minimum atomic E-state index is 0.0136. The second kappa shape index (κ2) is 6.06. The molecule has 1 aromatic heterocycles. The van der Waals surface area contributed by atoms with Crippen LogP contribution in [0, 0.1) is 5.92 Å². The standard InChI is InChI=1S/C17H20N2O/c20-17-15(10-14-8-4-5-9-16(14)19-17)12-18-11-13-6-2-1-3-7-13/h1-2,4-5,8-10,13,18H,3,6-7,11-12H2,(H,19,20). The van der Waals surface area contributed by atoms with Gasteiger partial charge < -0.3 is 10.3 Å². The molecule has 0 saturated heterocycles. The molecule has 1 atom stereocenters. The summed E-state index contributed by atoms with van der Waals surface area (Å²) in [5.41, 5.74) is 1.73. The molecule has 0 amide bonds. The highest BCUT2D eigenvalue weighted by atomic mass is 16.1. The third kappa shape index (κ3) is 2.99. The van der Waals surface area contributed by atoms with Crippen molar-refractivity contribution in [1.29, 1.82) is 0 Å². The molecule has 104 valence electrons. The van der Waals surface area contributed by atoms with E-state index in [0.717, 1.165) is 29.4 Å². The summed E-state index contributed by atoms with van der Waals surface area (Å²) >= 11 is 0. The Balaban J connectivity index is 1.66. The molecule has 20 heavy (non-hydrogen) atoms. The van der Waals surface area contributed by atoms with E-state index in [1.807, 2.05) is 30.3 Å². The van der Waals surface area contributed by atoms with Crippen LogP contribution in [-0.4, -0.2) is 11.5 Å². The average Bonchev–Trinajstić information content (AvgIpc) is 2.49. The van der Waals surface area contributed by atoms with Crippen molar-refractivity contribution in [2.24, 2.45) is 5.92 Å². The van der Waals surface area contributed by atoms with E-state index in [1.165, 1.54) is 12.8 Å². The van der Waals surface area contributed by atoms with E-state index in [4.69, 9.17) is 0 Å². The highest BCUT2D eigenvalue weighted by molar-refractivity contribution is 5.78. The molecule has 0 bridgehead atoms. The SMILES string of the molecule is O=c1[nH]c2ccccc2cc1CNCC1CC=CCC1. The summed E-state index contributed by atoms with van der Waals surface area (Å²) in [6.45, 7) is 1.62. The fourth-order valence-corrected chi connectivity index (χ4v) is 2.78. The molecular formula is C17H20N2O.